The second kappa shape index (κ2) is 6.63. The molecule has 2 aromatic carbocycles. The maximum Gasteiger partial charge on any atom is 0.180 e. The first-order valence-electron chi connectivity index (χ1n) is 9.52. The number of anilines is 2. The van der Waals surface area contributed by atoms with E-state index in [0.717, 1.165) is 34.8 Å². The summed E-state index contributed by atoms with van der Waals surface area (Å²) in [5, 5.41) is 11.1. The molecule has 5 aromatic rings. The molecular weight excluding hydrogens is 376 g/mol. The van der Waals surface area contributed by atoms with Gasteiger partial charge in [-0.2, -0.15) is 0 Å². The van der Waals surface area contributed by atoms with Crippen LogP contribution in [0.4, 0.5) is 11.5 Å². The Hall–Kier alpha value is -4.33. The molecule has 0 radical (unpaired) electrons. The van der Waals surface area contributed by atoms with E-state index in [1.165, 1.54) is 11.1 Å². The molecule has 8 heteroatoms. The summed E-state index contributed by atoms with van der Waals surface area (Å²) in [5.74, 6) is 0.700. The lowest BCUT2D eigenvalue weighted by atomic mass is 10.0. The SMILES string of the molecule is C1=NCc2cc(-c3cn4ccnc4c(Nc4ccc(-n5cnnc5)cc4)n3)ccc21. The minimum Gasteiger partial charge on any atom is -0.337 e. The van der Waals surface area contributed by atoms with Crippen LogP contribution >= 0.6 is 0 Å². The summed E-state index contributed by atoms with van der Waals surface area (Å²) in [6, 6.07) is 14.3. The van der Waals surface area contributed by atoms with Gasteiger partial charge in [0.15, 0.2) is 11.5 Å². The summed E-state index contributed by atoms with van der Waals surface area (Å²) in [7, 11) is 0. The van der Waals surface area contributed by atoms with Crippen LogP contribution in [0.5, 0.6) is 0 Å². The molecule has 0 saturated carbocycles. The van der Waals surface area contributed by atoms with Gasteiger partial charge >= 0.3 is 0 Å². The van der Waals surface area contributed by atoms with Gasteiger partial charge in [0.05, 0.1) is 12.2 Å². The first-order chi connectivity index (χ1) is 14.8. The Balaban J connectivity index is 1.37. The molecule has 1 N–H and O–H groups in total. The number of fused-ring (bicyclic) bond motifs is 2. The predicted octanol–water partition coefficient (Wildman–Crippen LogP) is 3.65. The second-order valence-electron chi connectivity index (χ2n) is 7.06. The van der Waals surface area contributed by atoms with Crippen LogP contribution in [0.15, 0.2) is 78.7 Å². The molecule has 0 fully saturated rings. The lowest BCUT2D eigenvalue weighted by Crippen LogP contribution is -2.01. The van der Waals surface area contributed by atoms with Crippen molar-refractivity contribution in [2.24, 2.45) is 4.99 Å². The minimum atomic E-state index is 0.700. The van der Waals surface area contributed by atoms with Crippen LogP contribution in [0.25, 0.3) is 22.6 Å². The van der Waals surface area contributed by atoms with Crippen molar-refractivity contribution < 1.29 is 0 Å². The number of nitrogens with one attached hydrogen (secondary N) is 1. The largest absolute Gasteiger partial charge is 0.337 e. The van der Waals surface area contributed by atoms with Gasteiger partial charge in [-0.1, -0.05) is 12.1 Å². The molecule has 4 heterocycles. The molecule has 0 aliphatic carbocycles. The average molecular weight is 392 g/mol. The molecule has 0 saturated heterocycles. The van der Waals surface area contributed by atoms with Gasteiger partial charge in [0.2, 0.25) is 0 Å². The van der Waals surface area contributed by atoms with Gasteiger partial charge in [0, 0.05) is 41.7 Å². The quantitative estimate of drug-likeness (QED) is 0.505. The Labute approximate surface area is 171 Å². The van der Waals surface area contributed by atoms with Gasteiger partial charge in [0.1, 0.15) is 12.7 Å². The summed E-state index contributed by atoms with van der Waals surface area (Å²) in [6.45, 7) is 0.723. The molecule has 1 aliphatic rings. The molecule has 8 nitrogen and oxygen atoms in total. The molecule has 0 unspecified atom stereocenters. The zero-order valence-electron chi connectivity index (χ0n) is 15.8. The molecule has 1 aliphatic heterocycles. The maximum atomic E-state index is 4.88. The number of nitrogens with zero attached hydrogens (tertiary/aromatic N) is 7. The third-order valence-corrected chi connectivity index (χ3v) is 5.15. The van der Waals surface area contributed by atoms with Crippen molar-refractivity contribution in [1.29, 1.82) is 0 Å². The summed E-state index contributed by atoms with van der Waals surface area (Å²) in [4.78, 5) is 13.7. The Morgan fingerprint density at radius 3 is 2.70 bits per heavy atom. The standard InChI is InChI=1S/C22H16N8/c1-2-16-10-23-11-17(16)9-15(1)20-12-29-8-7-24-22(29)21(28-20)27-18-3-5-19(6-4-18)30-13-25-26-14-30/h1-10,12-14H,11H2,(H,27,28). The number of hydrogen-bond donors (Lipinski definition) is 1. The van der Waals surface area contributed by atoms with Crippen LogP contribution in [0.3, 0.4) is 0 Å². The highest BCUT2D eigenvalue weighted by Crippen LogP contribution is 2.27. The molecule has 0 atom stereocenters. The van der Waals surface area contributed by atoms with Crippen LogP contribution in [0.1, 0.15) is 11.1 Å². The minimum absolute atomic E-state index is 0.700. The van der Waals surface area contributed by atoms with Crippen molar-refractivity contribution in [2.75, 3.05) is 5.32 Å². The van der Waals surface area contributed by atoms with Gasteiger partial charge in [-0.3, -0.25) is 9.56 Å². The van der Waals surface area contributed by atoms with E-state index in [4.69, 9.17) is 4.98 Å². The van der Waals surface area contributed by atoms with Crippen molar-refractivity contribution in [2.45, 2.75) is 6.54 Å². The molecule has 30 heavy (non-hydrogen) atoms. The van der Waals surface area contributed by atoms with Crippen molar-refractivity contribution in [3.8, 4) is 16.9 Å². The molecular formula is C22H16N8. The van der Waals surface area contributed by atoms with Crippen LogP contribution in [0, 0.1) is 0 Å². The van der Waals surface area contributed by atoms with Crippen molar-refractivity contribution >= 4 is 23.4 Å². The lowest BCUT2D eigenvalue weighted by Gasteiger charge is -2.11. The lowest BCUT2D eigenvalue weighted by molar-refractivity contribution is 1.06. The summed E-state index contributed by atoms with van der Waals surface area (Å²) < 4.78 is 3.84. The maximum absolute atomic E-state index is 4.88. The molecule has 144 valence electrons. The van der Waals surface area contributed by atoms with Crippen LogP contribution in [-0.2, 0) is 6.54 Å². The van der Waals surface area contributed by atoms with Gasteiger partial charge in [-0.25, -0.2) is 9.97 Å². The van der Waals surface area contributed by atoms with Gasteiger partial charge < -0.3 is 9.72 Å². The first-order valence-corrected chi connectivity index (χ1v) is 9.52. The highest BCUT2D eigenvalue weighted by atomic mass is 15.2. The summed E-state index contributed by atoms with van der Waals surface area (Å²) in [6.07, 6.45) is 11.0. The van der Waals surface area contributed by atoms with E-state index in [1.807, 2.05) is 51.8 Å². The zero-order valence-corrected chi connectivity index (χ0v) is 15.8. The number of aliphatic imine (C=N–C) groups is 1. The molecule has 0 amide bonds. The Kier molecular flexibility index (Phi) is 3.67. The van der Waals surface area contributed by atoms with Crippen molar-refractivity contribution in [1.82, 2.24) is 29.1 Å². The van der Waals surface area contributed by atoms with Gasteiger partial charge in [0.25, 0.3) is 0 Å². The van der Waals surface area contributed by atoms with E-state index in [0.29, 0.717) is 5.82 Å². The van der Waals surface area contributed by atoms with Crippen LogP contribution in [0.2, 0.25) is 0 Å². The Bertz CT molecular complexity index is 1380. The fourth-order valence-corrected chi connectivity index (χ4v) is 3.61. The first kappa shape index (κ1) is 16.6. The second-order valence-corrected chi connectivity index (χ2v) is 7.06. The highest BCUT2D eigenvalue weighted by molar-refractivity contribution is 5.86. The molecule has 0 bridgehead atoms. The van der Waals surface area contributed by atoms with Crippen LogP contribution in [-0.4, -0.2) is 35.3 Å². The van der Waals surface area contributed by atoms with E-state index < -0.39 is 0 Å². The zero-order chi connectivity index (χ0) is 19.9. The monoisotopic (exact) mass is 392 g/mol. The number of benzene rings is 2. The third-order valence-electron chi connectivity index (χ3n) is 5.15. The number of rotatable bonds is 4. The van der Waals surface area contributed by atoms with E-state index in [1.54, 1.807) is 18.9 Å². The normalized spacial score (nSPS) is 12.4. The Morgan fingerprint density at radius 1 is 0.967 bits per heavy atom. The molecule has 3 aromatic heterocycles. The molecule has 0 spiro atoms. The summed E-state index contributed by atoms with van der Waals surface area (Å²) in [5.41, 5.74) is 7.00. The van der Waals surface area contributed by atoms with Gasteiger partial charge in [-0.05, 0) is 41.5 Å². The van der Waals surface area contributed by atoms with E-state index in [9.17, 15) is 0 Å². The fourth-order valence-electron chi connectivity index (χ4n) is 3.61. The van der Waals surface area contributed by atoms with E-state index in [2.05, 4.69) is 43.7 Å². The number of imidazole rings is 1. The summed E-state index contributed by atoms with van der Waals surface area (Å²) >= 11 is 0. The van der Waals surface area contributed by atoms with E-state index in [-0.39, 0.29) is 0 Å². The fraction of sp³-hybridized carbons (Fsp3) is 0.0455. The van der Waals surface area contributed by atoms with Crippen molar-refractivity contribution in [3.63, 3.8) is 0 Å². The Morgan fingerprint density at radius 2 is 1.83 bits per heavy atom. The number of hydrogen-bond acceptors (Lipinski definition) is 6. The number of aromatic nitrogens is 6. The van der Waals surface area contributed by atoms with Crippen molar-refractivity contribution in [3.05, 3.63) is 84.8 Å². The third kappa shape index (κ3) is 2.82. The molecule has 6 rings (SSSR count). The highest BCUT2D eigenvalue weighted by Gasteiger charge is 2.12. The van der Waals surface area contributed by atoms with Gasteiger partial charge in [-0.15, -0.1) is 10.2 Å². The van der Waals surface area contributed by atoms with Crippen LogP contribution < -0.4 is 5.32 Å². The van der Waals surface area contributed by atoms with E-state index >= 15 is 0 Å². The predicted molar refractivity (Wildman–Crippen MR) is 114 cm³/mol. The topological polar surface area (TPSA) is 85.3 Å². The average Bonchev–Trinajstić information content (AvgIpc) is 3.54. The smallest absolute Gasteiger partial charge is 0.180 e.